The first-order chi connectivity index (χ1) is 7.04. The Morgan fingerprint density at radius 1 is 1.13 bits per heavy atom. The van der Waals surface area contributed by atoms with Crippen LogP contribution in [0.15, 0.2) is 18.2 Å². The molecule has 0 aliphatic heterocycles. The number of benzene rings is 1. The lowest BCUT2D eigenvalue weighted by Gasteiger charge is -2.04. The molecule has 0 aromatic heterocycles. The molecule has 0 atom stereocenters. The third kappa shape index (κ3) is 3.11. The van der Waals surface area contributed by atoms with E-state index in [9.17, 15) is 9.59 Å². The molecule has 1 rings (SSSR count). The lowest BCUT2D eigenvalue weighted by molar-refractivity contribution is -0.135. The summed E-state index contributed by atoms with van der Waals surface area (Å²) < 4.78 is 0. The van der Waals surface area contributed by atoms with Gasteiger partial charge in [0.1, 0.15) is 0 Å². The van der Waals surface area contributed by atoms with Crippen LogP contribution in [0.4, 0.5) is 5.69 Å². The normalized spacial score (nSPS) is 9.53. The van der Waals surface area contributed by atoms with E-state index in [1.807, 2.05) is 0 Å². The van der Waals surface area contributed by atoms with Gasteiger partial charge in [-0.25, -0.2) is 0 Å². The van der Waals surface area contributed by atoms with Gasteiger partial charge in [-0.3, -0.25) is 9.59 Å². The highest BCUT2D eigenvalue weighted by atomic mass is 35.5. The molecule has 0 saturated heterocycles. The second-order valence-corrected chi connectivity index (χ2v) is 3.48. The average molecular weight is 247 g/mol. The number of carbonyl (C=O) groups excluding carboxylic acids is 2. The lowest BCUT2D eigenvalue weighted by Crippen LogP contribution is -2.32. The van der Waals surface area contributed by atoms with Crippen molar-refractivity contribution in [2.24, 2.45) is 0 Å². The van der Waals surface area contributed by atoms with E-state index in [1.165, 1.54) is 19.2 Å². The Morgan fingerprint density at radius 3 is 2.33 bits per heavy atom. The molecular weight excluding hydrogens is 239 g/mol. The number of rotatable bonds is 1. The average Bonchev–Trinajstić information content (AvgIpc) is 2.22. The van der Waals surface area contributed by atoms with Crippen molar-refractivity contribution in [1.82, 2.24) is 5.32 Å². The molecule has 2 N–H and O–H groups in total. The third-order valence-corrected chi connectivity index (χ3v) is 2.35. The number of carbonyl (C=O) groups is 2. The second kappa shape index (κ2) is 5.00. The summed E-state index contributed by atoms with van der Waals surface area (Å²) in [5.41, 5.74) is 0.415. The molecular formula is C9H8Cl2N2O2. The Kier molecular flexibility index (Phi) is 3.94. The van der Waals surface area contributed by atoms with E-state index in [1.54, 1.807) is 6.07 Å². The summed E-state index contributed by atoms with van der Waals surface area (Å²) in [4.78, 5) is 22.0. The van der Waals surface area contributed by atoms with E-state index in [0.717, 1.165) is 0 Å². The first-order valence-electron chi connectivity index (χ1n) is 4.02. The first-order valence-corrected chi connectivity index (χ1v) is 4.78. The highest BCUT2D eigenvalue weighted by Gasteiger charge is 2.11. The van der Waals surface area contributed by atoms with Gasteiger partial charge in [-0.05, 0) is 18.2 Å². The van der Waals surface area contributed by atoms with Gasteiger partial charge in [0.2, 0.25) is 0 Å². The van der Waals surface area contributed by atoms with Gasteiger partial charge in [0.05, 0.1) is 10.0 Å². The maximum absolute atomic E-state index is 11.1. The summed E-state index contributed by atoms with van der Waals surface area (Å²) in [6.07, 6.45) is 0. The summed E-state index contributed by atoms with van der Waals surface area (Å²) in [6.45, 7) is 0. The molecule has 0 spiro atoms. The smallest absolute Gasteiger partial charge is 0.313 e. The quantitative estimate of drug-likeness (QED) is 0.741. The maximum atomic E-state index is 11.1. The standard InChI is InChI=1S/C9H8Cl2N2O2/c1-12-8(14)9(15)13-5-2-3-6(10)7(11)4-5/h2-4H,1H3,(H,12,14)(H,13,15). The Morgan fingerprint density at radius 2 is 1.80 bits per heavy atom. The Bertz CT molecular complexity index is 407. The minimum Gasteiger partial charge on any atom is -0.351 e. The Balaban J connectivity index is 2.77. The van der Waals surface area contributed by atoms with Crippen LogP contribution in [0.5, 0.6) is 0 Å². The van der Waals surface area contributed by atoms with Crippen molar-refractivity contribution in [2.45, 2.75) is 0 Å². The molecule has 0 aliphatic rings. The molecule has 1 aromatic rings. The van der Waals surface area contributed by atoms with Crippen molar-refractivity contribution in [3.63, 3.8) is 0 Å². The number of amides is 2. The summed E-state index contributed by atoms with van der Waals surface area (Å²) in [7, 11) is 1.37. The van der Waals surface area contributed by atoms with Crippen molar-refractivity contribution >= 4 is 40.7 Å². The van der Waals surface area contributed by atoms with Crippen LogP contribution in [0.2, 0.25) is 10.0 Å². The predicted octanol–water partition coefficient (Wildman–Crippen LogP) is 1.68. The zero-order valence-electron chi connectivity index (χ0n) is 7.80. The van der Waals surface area contributed by atoms with Crippen LogP contribution in [-0.2, 0) is 9.59 Å². The molecule has 6 heteroatoms. The molecule has 2 amide bonds. The van der Waals surface area contributed by atoms with Gasteiger partial charge in [-0.1, -0.05) is 23.2 Å². The number of hydrogen-bond donors (Lipinski definition) is 2. The fraction of sp³-hybridized carbons (Fsp3) is 0.111. The molecule has 80 valence electrons. The molecule has 0 heterocycles. The fourth-order valence-corrected chi connectivity index (χ4v) is 1.17. The molecule has 0 aliphatic carbocycles. The van der Waals surface area contributed by atoms with Gasteiger partial charge in [0.25, 0.3) is 0 Å². The van der Waals surface area contributed by atoms with Gasteiger partial charge in [-0.2, -0.15) is 0 Å². The fourth-order valence-electron chi connectivity index (χ4n) is 0.875. The minimum absolute atomic E-state index is 0.311. The SMILES string of the molecule is CNC(=O)C(=O)Nc1ccc(Cl)c(Cl)c1. The van der Waals surface area contributed by atoms with Crippen LogP contribution >= 0.6 is 23.2 Å². The minimum atomic E-state index is -0.754. The van der Waals surface area contributed by atoms with Crippen LogP contribution in [-0.4, -0.2) is 18.9 Å². The van der Waals surface area contributed by atoms with Gasteiger partial charge < -0.3 is 10.6 Å². The monoisotopic (exact) mass is 246 g/mol. The summed E-state index contributed by atoms with van der Waals surface area (Å²) in [5, 5.41) is 5.26. The number of hydrogen-bond acceptors (Lipinski definition) is 2. The van der Waals surface area contributed by atoms with E-state index >= 15 is 0 Å². The molecule has 0 bridgehead atoms. The van der Waals surface area contributed by atoms with Crippen molar-refractivity contribution in [2.75, 3.05) is 12.4 Å². The number of nitrogens with one attached hydrogen (secondary N) is 2. The molecule has 0 radical (unpaired) electrons. The van der Waals surface area contributed by atoms with Gasteiger partial charge in [-0.15, -0.1) is 0 Å². The molecule has 0 fully saturated rings. The van der Waals surface area contributed by atoms with E-state index in [0.29, 0.717) is 15.7 Å². The molecule has 4 nitrogen and oxygen atoms in total. The van der Waals surface area contributed by atoms with E-state index < -0.39 is 11.8 Å². The molecule has 15 heavy (non-hydrogen) atoms. The Labute approximate surface area is 96.6 Å². The van der Waals surface area contributed by atoms with Crippen LogP contribution in [0.25, 0.3) is 0 Å². The van der Waals surface area contributed by atoms with Gasteiger partial charge in [0.15, 0.2) is 0 Å². The van der Waals surface area contributed by atoms with Crippen molar-refractivity contribution in [3.05, 3.63) is 28.2 Å². The van der Waals surface area contributed by atoms with Crippen molar-refractivity contribution in [1.29, 1.82) is 0 Å². The number of anilines is 1. The lowest BCUT2D eigenvalue weighted by atomic mass is 10.3. The van der Waals surface area contributed by atoms with Crippen LogP contribution < -0.4 is 10.6 Å². The zero-order chi connectivity index (χ0) is 11.4. The number of halogens is 2. The van der Waals surface area contributed by atoms with Crippen LogP contribution in [0.3, 0.4) is 0 Å². The maximum Gasteiger partial charge on any atom is 0.313 e. The predicted molar refractivity (Wildman–Crippen MR) is 59.2 cm³/mol. The molecule has 0 saturated carbocycles. The zero-order valence-corrected chi connectivity index (χ0v) is 9.32. The highest BCUT2D eigenvalue weighted by Crippen LogP contribution is 2.24. The van der Waals surface area contributed by atoms with E-state index in [2.05, 4.69) is 10.6 Å². The Hall–Kier alpha value is -1.26. The third-order valence-electron chi connectivity index (χ3n) is 1.61. The summed E-state index contributed by atoms with van der Waals surface area (Å²) in [5.74, 6) is -1.48. The number of likely N-dealkylation sites (N-methyl/N-ethyl adjacent to an activating group) is 1. The van der Waals surface area contributed by atoms with Gasteiger partial charge >= 0.3 is 11.8 Å². The van der Waals surface area contributed by atoms with Crippen molar-refractivity contribution < 1.29 is 9.59 Å². The van der Waals surface area contributed by atoms with E-state index in [4.69, 9.17) is 23.2 Å². The summed E-state index contributed by atoms with van der Waals surface area (Å²) >= 11 is 11.4. The van der Waals surface area contributed by atoms with E-state index in [-0.39, 0.29) is 0 Å². The van der Waals surface area contributed by atoms with Gasteiger partial charge in [0, 0.05) is 12.7 Å². The highest BCUT2D eigenvalue weighted by molar-refractivity contribution is 6.42. The van der Waals surface area contributed by atoms with Crippen molar-refractivity contribution in [3.8, 4) is 0 Å². The topological polar surface area (TPSA) is 58.2 Å². The molecule has 1 aromatic carbocycles. The van der Waals surface area contributed by atoms with Crippen LogP contribution in [0.1, 0.15) is 0 Å². The van der Waals surface area contributed by atoms with Crippen LogP contribution in [0, 0.1) is 0 Å². The second-order valence-electron chi connectivity index (χ2n) is 2.66. The molecule has 0 unspecified atom stereocenters. The first kappa shape index (κ1) is 11.8. The summed E-state index contributed by atoms with van der Waals surface area (Å²) in [6, 6.07) is 4.54. The largest absolute Gasteiger partial charge is 0.351 e.